The summed E-state index contributed by atoms with van der Waals surface area (Å²) < 4.78 is 44.2. The van der Waals surface area contributed by atoms with Gasteiger partial charge in [0.2, 0.25) is 0 Å². The molecule has 1 unspecified atom stereocenters. The van der Waals surface area contributed by atoms with Gasteiger partial charge in [0.15, 0.2) is 6.54 Å². The number of carbonyl (C=O) groups is 1. The third kappa shape index (κ3) is 6.05. The van der Waals surface area contributed by atoms with Crippen molar-refractivity contribution in [2.24, 2.45) is 0 Å². The second-order valence-corrected chi connectivity index (χ2v) is 7.68. The highest BCUT2D eigenvalue weighted by Crippen LogP contribution is 2.30. The van der Waals surface area contributed by atoms with E-state index in [1.54, 1.807) is 11.3 Å². The second kappa shape index (κ2) is 8.86. The number of anilines is 1. The highest BCUT2D eigenvalue weighted by Gasteiger charge is 2.30. The Morgan fingerprint density at radius 2 is 2.15 bits per heavy atom. The van der Waals surface area contributed by atoms with Crippen molar-refractivity contribution in [3.8, 4) is 0 Å². The molecule has 1 amide bonds. The monoisotopic (exact) mass is 399 g/mol. The van der Waals surface area contributed by atoms with Crippen LogP contribution in [0.3, 0.4) is 0 Å². The van der Waals surface area contributed by atoms with Crippen molar-refractivity contribution in [2.75, 3.05) is 25.0 Å². The molecule has 4 nitrogen and oxygen atoms in total. The molecule has 2 N–H and O–H groups in total. The first-order valence-electron chi connectivity index (χ1n) is 8.85. The van der Waals surface area contributed by atoms with E-state index in [-0.39, 0.29) is 24.2 Å². The Morgan fingerprint density at radius 3 is 2.81 bits per heavy atom. The molecule has 1 aliphatic rings. The maximum atomic E-state index is 12.8. The van der Waals surface area contributed by atoms with Crippen LogP contribution < -0.4 is 10.2 Å². The molecule has 27 heavy (non-hydrogen) atoms. The lowest BCUT2D eigenvalue weighted by molar-refractivity contribution is -0.908. The summed E-state index contributed by atoms with van der Waals surface area (Å²) in [6.07, 6.45) is -2.31. The molecule has 2 heterocycles. The zero-order valence-corrected chi connectivity index (χ0v) is 15.5. The molecule has 2 aromatic rings. The number of quaternary nitrogens is 1. The van der Waals surface area contributed by atoms with Gasteiger partial charge in [0.05, 0.1) is 10.4 Å². The first-order chi connectivity index (χ1) is 12.9. The minimum Gasteiger partial charge on any atom is -0.372 e. The number of amides is 1. The van der Waals surface area contributed by atoms with Crippen molar-refractivity contribution in [1.29, 1.82) is 0 Å². The van der Waals surface area contributed by atoms with E-state index >= 15 is 0 Å². The lowest BCUT2D eigenvalue weighted by Gasteiger charge is -2.21. The summed E-state index contributed by atoms with van der Waals surface area (Å²) in [5, 5.41) is 4.58. The van der Waals surface area contributed by atoms with Crippen LogP contribution in [0.25, 0.3) is 0 Å². The van der Waals surface area contributed by atoms with Crippen LogP contribution in [-0.2, 0) is 22.3 Å². The molecule has 0 bridgehead atoms. The van der Waals surface area contributed by atoms with Gasteiger partial charge in [-0.1, -0.05) is 12.1 Å². The number of carbonyl (C=O) groups excluding carboxylic acids is 1. The zero-order valence-electron chi connectivity index (χ0n) is 14.7. The van der Waals surface area contributed by atoms with Gasteiger partial charge in [0.1, 0.15) is 19.2 Å². The predicted molar refractivity (Wildman–Crippen MR) is 97.8 cm³/mol. The van der Waals surface area contributed by atoms with Crippen molar-refractivity contribution in [3.05, 3.63) is 52.2 Å². The third-order valence-electron chi connectivity index (χ3n) is 4.43. The van der Waals surface area contributed by atoms with Gasteiger partial charge in [-0.2, -0.15) is 13.2 Å². The Bertz CT molecular complexity index is 744. The zero-order chi connectivity index (χ0) is 19.3. The molecule has 8 heteroatoms. The lowest BCUT2D eigenvalue weighted by Crippen LogP contribution is -3.12. The fraction of sp³-hybridized carbons (Fsp3) is 0.421. The molecule has 2 atom stereocenters. The SMILES string of the molecule is O=C(C[NH+](Cc1cccs1)C[C@@H]1CCCO1)Nc1cccc(C(F)(F)F)c1. The first kappa shape index (κ1) is 19.9. The molecule has 146 valence electrons. The number of alkyl halides is 3. The predicted octanol–water partition coefficient (Wildman–Crippen LogP) is 2.97. The molecule has 0 saturated carbocycles. The molecule has 1 fully saturated rings. The molecular weight excluding hydrogens is 377 g/mol. The molecule has 3 rings (SSSR count). The van der Waals surface area contributed by atoms with E-state index in [9.17, 15) is 18.0 Å². The summed E-state index contributed by atoms with van der Waals surface area (Å²) in [6, 6.07) is 8.68. The Morgan fingerprint density at radius 1 is 1.30 bits per heavy atom. The van der Waals surface area contributed by atoms with Gasteiger partial charge in [-0.25, -0.2) is 0 Å². The maximum absolute atomic E-state index is 12.8. The van der Waals surface area contributed by atoms with Gasteiger partial charge >= 0.3 is 6.18 Å². The van der Waals surface area contributed by atoms with Gasteiger partial charge in [-0.3, -0.25) is 4.79 Å². The van der Waals surface area contributed by atoms with Crippen LogP contribution >= 0.6 is 11.3 Å². The smallest absolute Gasteiger partial charge is 0.372 e. The molecular formula is C19H22F3N2O2S+. The first-order valence-corrected chi connectivity index (χ1v) is 9.73. The average molecular weight is 399 g/mol. The van der Waals surface area contributed by atoms with Crippen LogP contribution in [0, 0.1) is 0 Å². The number of thiophene rings is 1. The fourth-order valence-electron chi connectivity index (χ4n) is 3.20. The van der Waals surface area contributed by atoms with Crippen molar-refractivity contribution < 1.29 is 27.6 Å². The summed E-state index contributed by atoms with van der Waals surface area (Å²) in [5.41, 5.74) is -0.621. The molecule has 1 aromatic heterocycles. The van der Waals surface area contributed by atoms with E-state index in [0.717, 1.165) is 41.4 Å². The summed E-state index contributed by atoms with van der Waals surface area (Å²) in [4.78, 5) is 14.6. The number of halogens is 3. The molecule has 1 saturated heterocycles. The molecule has 1 aromatic carbocycles. The summed E-state index contributed by atoms with van der Waals surface area (Å²) in [7, 11) is 0. The van der Waals surface area contributed by atoms with E-state index in [1.807, 2.05) is 17.5 Å². The third-order valence-corrected chi connectivity index (χ3v) is 5.31. The van der Waals surface area contributed by atoms with E-state index in [1.165, 1.54) is 12.1 Å². The number of ether oxygens (including phenoxy) is 1. The quantitative estimate of drug-likeness (QED) is 0.752. The Labute approximate surface area is 159 Å². The largest absolute Gasteiger partial charge is 0.416 e. The van der Waals surface area contributed by atoms with Gasteiger partial charge in [-0.05, 0) is 42.5 Å². The molecule has 0 aliphatic carbocycles. The van der Waals surface area contributed by atoms with Crippen molar-refractivity contribution in [1.82, 2.24) is 0 Å². The number of nitrogens with one attached hydrogen (secondary N) is 2. The van der Waals surface area contributed by atoms with Crippen LogP contribution in [0.5, 0.6) is 0 Å². The van der Waals surface area contributed by atoms with Crippen LogP contribution in [0.4, 0.5) is 18.9 Å². The molecule has 0 radical (unpaired) electrons. The van der Waals surface area contributed by atoms with Crippen LogP contribution in [-0.4, -0.2) is 31.7 Å². The van der Waals surface area contributed by atoms with Gasteiger partial charge in [-0.15, -0.1) is 11.3 Å². The second-order valence-electron chi connectivity index (χ2n) is 6.65. The van der Waals surface area contributed by atoms with Crippen LogP contribution in [0.2, 0.25) is 0 Å². The van der Waals surface area contributed by atoms with E-state index in [2.05, 4.69) is 5.32 Å². The van der Waals surface area contributed by atoms with Crippen molar-refractivity contribution in [2.45, 2.75) is 31.7 Å². The van der Waals surface area contributed by atoms with Crippen molar-refractivity contribution >= 4 is 22.9 Å². The minimum absolute atomic E-state index is 0.126. The van der Waals surface area contributed by atoms with E-state index in [0.29, 0.717) is 13.1 Å². The average Bonchev–Trinajstić information content (AvgIpc) is 3.28. The van der Waals surface area contributed by atoms with Gasteiger partial charge in [0, 0.05) is 12.3 Å². The Hall–Kier alpha value is -1.90. The van der Waals surface area contributed by atoms with Crippen LogP contribution in [0.15, 0.2) is 41.8 Å². The highest BCUT2D eigenvalue weighted by molar-refractivity contribution is 7.09. The molecule has 1 aliphatic heterocycles. The van der Waals surface area contributed by atoms with E-state index < -0.39 is 11.7 Å². The van der Waals surface area contributed by atoms with Crippen molar-refractivity contribution in [3.63, 3.8) is 0 Å². The number of rotatable bonds is 7. The Kier molecular flexibility index (Phi) is 6.51. The topological polar surface area (TPSA) is 42.8 Å². The lowest BCUT2D eigenvalue weighted by atomic mass is 10.2. The standard InChI is InChI=1S/C19H21F3N2O2S/c20-19(21,22)14-4-1-5-15(10-14)23-18(25)13-24(11-16-6-2-8-26-16)12-17-7-3-9-27-17/h1,3-5,7,9-10,16H,2,6,8,11-13H2,(H,23,25)/p+1/t16-/m0/s1. The summed E-state index contributed by atoms with van der Waals surface area (Å²) in [6.45, 7) is 2.31. The highest BCUT2D eigenvalue weighted by atomic mass is 32.1. The number of benzene rings is 1. The normalized spacial score (nSPS) is 18.4. The van der Waals surface area contributed by atoms with Gasteiger partial charge in [0.25, 0.3) is 5.91 Å². The number of hydrogen-bond donors (Lipinski definition) is 2. The summed E-state index contributed by atoms with van der Waals surface area (Å²) >= 11 is 1.63. The molecule has 0 spiro atoms. The minimum atomic E-state index is -4.43. The van der Waals surface area contributed by atoms with Gasteiger partial charge < -0.3 is 15.0 Å². The maximum Gasteiger partial charge on any atom is 0.416 e. The van der Waals surface area contributed by atoms with E-state index in [4.69, 9.17) is 4.74 Å². The Balaban J connectivity index is 1.62. The summed E-state index contributed by atoms with van der Waals surface area (Å²) in [5.74, 6) is -0.307. The van der Waals surface area contributed by atoms with Crippen LogP contribution in [0.1, 0.15) is 23.3 Å². The fourth-order valence-corrected chi connectivity index (χ4v) is 3.98. The number of hydrogen-bond acceptors (Lipinski definition) is 3.